The molecule has 3 N–H and O–H groups in total. The van der Waals surface area contributed by atoms with E-state index in [1.165, 1.54) is 13.1 Å². The zero-order chi connectivity index (χ0) is 13.5. The number of benzene rings is 1. The predicted octanol–water partition coefficient (Wildman–Crippen LogP) is 1.87. The quantitative estimate of drug-likeness (QED) is 0.484. The number of likely N-dealkylation sites (N-methyl/N-ethyl adjacent to an activating group) is 1. The van der Waals surface area contributed by atoms with Gasteiger partial charge in [-0.15, -0.1) is 0 Å². The number of nitrogens with two attached hydrogens (primary N) is 1. The van der Waals surface area contributed by atoms with Crippen molar-refractivity contribution in [2.24, 2.45) is 5.73 Å². The van der Waals surface area contributed by atoms with Crippen LogP contribution in [0.15, 0.2) is 47.9 Å². The van der Waals surface area contributed by atoms with Crippen molar-refractivity contribution >= 4 is 5.91 Å². The van der Waals surface area contributed by atoms with Crippen LogP contribution in [0.3, 0.4) is 0 Å². The molecule has 0 heterocycles. The molecule has 0 aliphatic heterocycles. The maximum Gasteiger partial charge on any atom is 0.267 e. The van der Waals surface area contributed by atoms with E-state index in [1.807, 2.05) is 38.1 Å². The Balaban J connectivity index is 2.84. The zero-order valence-corrected chi connectivity index (χ0v) is 10.9. The van der Waals surface area contributed by atoms with Crippen molar-refractivity contribution < 1.29 is 9.53 Å². The maximum atomic E-state index is 11.3. The fourth-order valence-electron chi connectivity index (χ4n) is 1.35. The first-order valence-electron chi connectivity index (χ1n) is 5.67. The van der Waals surface area contributed by atoms with Crippen LogP contribution in [0.4, 0.5) is 0 Å². The Morgan fingerprint density at radius 1 is 1.44 bits per heavy atom. The molecule has 0 aliphatic rings. The predicted molar refractivity (Wildman–Crippen MR) is 71.9 cm³/mol. The Bertz CT molecular complexity index is 490. The van der Waals surface area contributed by atoms with Crippen LogP contribution < -0.4 is 15.8 Å². The first kappa shape index (κ1) is 13.8. The van der Waals surface area contributed by atoms with Gasteiger partial charge in [-0.25, -0.2) is 0 Å². The molecule has 0 saturated carbocycles. The molecule has 0 saturated heterocycles. The number of aryl methyl sites for hydroxylation is 1. The highest BCUT2D eigenvalue weighted by Gasteiger charge is 2.04. The molecule has 1 amide bonds. The standard InChI is InChI=1S/C14H18N2O2/c1-4-11(9-13(15)14(17)16-3)18-12-7-5-6-10(2)8-12/h4-9H,15H2,1-3H3,(H,16,17)/b11-4+,13-9-. The monoisotopic (exact) mass is 246 g/mol. The Morgan fingerprint density at radius 2 is 2.17 bits per heavy atom. The molecule has 96 valence electrons. The largest absolute Gasteiger partial charge is 0.458 e. The minimum atomic E-state index is -0.331. The summed E-state index contributed by atoms with van der Waals surface area (Å²) in [5.41, 5.74) is 6.83. The second-order valence-electron chi connectivity index (χ2n) is 3.79. The lowest BCUT2D eigenvalue weighted by atomic mass is 10.2. The van der Waals surface area contributed by atoms with Crippen molar-refractivity contribution in [3.05, 3.63) is 53.4 Å². The molecule has 0 bridgehead atoms. The van der Waals surface area contributed by atoms with Crippen LogP contribution in [0, 0.1) is 6.92 Å². The third-order valence-electron chi connectivity index (χ3n) is 2.30. The molecule has 1 aromatic carbocycles. The number of nitrogens with one attached hydrogen (secondary N) is 1. The van der Waals surface area contributed by atoms with Crippen molar-refractivity contribution in [2.75, 3.05) is 7.05 Å². The van der Waals surface area contributed by atoms with Gasteiger partial charge in [0.25, 0.3) is 5.91 Å². The molecule has 4 heteroatoms. The van der Waals surface area contributed by atoms with Crippen LogP contribution in [0.25, 0.3) is 0 Å². The van der Waals surface area contributed by atoms with Crippen LogP contribution in [0.2, 0.25) is 0 Å². The first-order valence-corrected chi connectivity index (χ1v) is 5.67. The van der Waals surface area contributed by atoms with Crippen molar-refractivity contribution in [1.82, 2.24) is 5.32 Å². The fourth-order valence-corrected chi connectivity index (χ4v) is 1.35. The second kappa shape index (κ2) is 6.49. The summed E-state index contributed by atoms with van der Waals surface area (Å²) in [4.78, 5) is 11.3. The number of hydrogen-bond donors (Lipinski definition) is 2. The number of carbonyl (C=O) groups excluding carboxylic acids is 1. The lowest BCUT2D eigenvalue weighted by molar-refractivity contribution is -0.117. The van der Waals surface area contributed by atoms with Crippen LogP contribution in [-0.2, 0) is 4.79 Å². The molecule has 0 fully saturated rings. The fraction of sp³-hybridized carbons (Fsp3) is 0.214. The van der Waals surface area contributed by atoms with Gasteiger partial charge in [-0.2, -0.15) is 0 Å². The summed E-state index contributed by atoms with van der Waals surface area (Å²) in [7, 11) is 1.53. The molecule has 0 atom stereocenters. The van der Waals surface area contributed by atoms with Crippen LogP contribution in [0.5, 0.6) is 5.75 Å². The number of hydrogen-bond acceptors (Lipinski definition) is 3. The molecule has 0 unspecified atom stereocenters. The van der Waals surface area contributed by atoms with Crippen LogP contribution in [-0.4, -0.2) is 13.0 Å². The van der Waals surface area contributed by atoms with E-state index in [9.17, 15) is 4.79 Å². The van der Waals surface area contributed by atoms with E-state index in [4.69, 9.17) is 10.5 Å². The minimum absolute atomic E-state index is 0.109. The Hall–Kier alpha value is -2.23. The lowest BCUT2D eigenvalue weighted by Crippen LogP contribution is -2.25. The summed E-state index contributed by atoms with van der Waals surface area (Å²) in [5, 5.41) is 2.45. The van der Waals surface area contributed by atoms with E-state index in [0.29, 0.717) is 11.5 Å². The SMILES string of the molecule is C/C=C(\C=C(/N)C(=O)NC)Oc1cccc(C)c1. The summed E-state index contributed by atoms with van der Waals surface area (Å²) >= 11 is 0. The molecule has 0 spiro atoms. The highest BCUT2D eigenvalue weighted by atomic mass is 16.5. The minimum Gasteiger partial charge on any atom is -0.458 e. The van der Waals surface area contributed by atoms with E-state index in [-0.39, 0.29) is 11.6 Å². The summed E-state index contributed by atoms with van der Waals surface area (Å²) in [5.74, 6) is 0.910. The summed E-state index contributed by atoms with van der Waals surface area (Å²) in [6.07, 6.45) is 3.25. The Labute approximate surface area is 107 Å². The van der Waals surface area contributed by atoms with Gasteiger partial charge in [-0.3, -0.25) is 4.79 Å². The zero-order valence-electron chi connectivity index (χ0n) is 10.9. The summed E-state index contributed by atoms with van der Waals surface area (Å²) in [6, 6.07) is 7.65. The van der Waals surface area contributed by atoms with Gasteiger partial charge < -0.3 is 15.8 Å². The molecule has 4 nitrogen and oxygen atoms in total. The maximum absolute atomic E-state index is 11.3. The van der Waals surface area contributed by atoms with Gasteiger partial charge in [0.1, 0.15) is 17.2 Å². The van der Waals surface area contributed by atoms with Crippen molar-refractivity contribution in [1.29, 1.82) is 0 Å². The van der Waals surface area contributed by atoms with Crippen molar-refractivity contribution in [3.63, 3.8) is 0 Å². The van der Waals surface area contributed by atoms with E-state index >= 15 is 0 Å². The number of rotatable bonds is 4. The van der Waals surface area contributed by atoms with E-state index in [0.717, 1.165) is 5.56 Å². The normalized spacial score (nSPS) is 12.2. The average molecular weight is 246 g/mol. The lowest BCUT2D eigenvalue weighted by Gasteiger charge is -2.08. The second-order valence-corrected chi connectivity index (χ2v) is 3.79. The molecule has 1 rings (SSSR count). The molecule has 0 aromatic heterocycles. The Kier molecular flexibility index (Phi) is 4.99. The highest BCUT2D eigenvalue weighted by molar-refractivity contribution is 5.92. The first-order chi connectivity index (χ1) is 8.56. The van der Waals surface area contributed by atoms with E-state index in [2.05, 4.69) is 5.32 Å². The van der Waals surface area contributed by atoms with Gasteiger partial charge in [0.2, 0.25) is 0 Å². The molecule has 0 aliphatic carbocycles. The third-order valence-corrected chi connectivity index (χ3v) is 2.30. The van der Waals surface area contributed by atoms with Crippen LogP contribution in [0.1, 0.15) is 12.5 Å². The van der Waals surface area contributed by atoms with Gasteiger partial charge in [-0.1, -0.05) is 12.1 Å². The number of carbonyl (C=O) groups is 1. The number of amides is 1. The van der Waals surface area contributed by atoms with Gasteiger partial charge in [-0.05, 0) is 37.6 Å². The van der Waals surface area contributed by atoms with Crippen molar-refractivity contribution in [3.8, 4) is 5.75 Å². The highest BCUT2D eigenvalue weighted by Crippen LogP contribution is 2.16. The number of allylic oxidation sites excluding steroid dienone is 2. The summed E-state index contributed by atoms with van der Waals surface area (Å²) < 4.78 is 5.63. The van der Waals surface area contributed by atoms with Crippen LogP contribution >= 0.6 is 0 Å². The average Bonchev–Trinajstić information content (AvgIpc) is 2.36. The van der Waals surface area contributed by atoms with Crippen molar-refractivity contribution in [2.45, 2.75) is 13.8 Å². The van der Waals surface area contributed by atoms with Gasteiger partial charge in [0.05, 0.1) is 0 Å². The van der Waals surface area contributed by atoms with E-state index in [1.54, 1.807) is 6.08 Å². The smallest absolute Gasteiger partial charge is 0.267 e. The van der Waals surface area contributed by atoms with E-state index < -0.39 is 0 Å². The topological polar surface area (TPSA) is 64.4 Å². The molecular weight excluding hydrogens is 228 g/mol. The molecule has 18 heavy (non-hydrogen) atoms. The molecule has 0 radical (unpaired) electrons. The van der Waals surface area contributed by atoms with Gasteiger partial charge in [0.15, 0.2) is 0 Å². The van der Waals surface area contributed by atoms with Gasteiger partial charge >= 0.3 is 0 Å². The Morgan fingerprint density at radius 3 is 2.72 bits per heavy atom. The van der Waals surface area contributed by atoms with Gasteiger partial charge in [0, 0.05) is 13.1 Å². The molecular formula is C14H18N2O2. The third kappa shape index (κ3) is 3.97. The summed E-state index contributed by atoms with van der Waals surface area (Å²) in [6.45, 7) is 3.80. The number of ether oxygens (including phenoxy) is 1. The molecule has 1 aromatic rings.